The Hall–Kier alpha value is -2.24. The molecule has 1 amide bonds. The van der Waals surface area contributed by atoms with Crippen LogP contribution >= 0.6 is 0 Å². The van der Waals surface area contributed by atoms with Crippen molar-refractivity contribution in [1.29, 1.82) is 0 Å². The van der Waals surface area contributed by atoms with Crippen molar-refractivity contribution in [1.82, 2.24) is 10.3 Å². The van der Waals surface area contributed by atoms with Crippen molar-refractivity contribution >= 4 is 28.7 Å². The van der Waals surface area contributed by atoms with Crippen LogP contribution in [0.3, 0.4) is 0 Å². The largest absolute Gasteiger partial charge is 0.424 e. The molecule has 1 aliphatic heterocycles. The number of piperidine rings is 1. The van der Waals surface area contributed by atoms with Gasteiger partial charge >= 0.3 is 0 Å². The van der Waals surface area contributed by atoms with Crippen LogP contribution in [0.2, 0.25) is 0 Å². The summed E-state index contributed by atoms with van der Waals surface area (Å²) in [5.74, 6) is -0.0111. The van der Waals surface area contributed by atoms with Crippen molar-refractivity contribution in [3.05, 3.63) is 18.2 Å². The first kappa shape index (κ1) is 10.9. The molecule has 1 fully saturated rings. The van der Waals surface area contributed by atoms with Gasteiger partial charge in [-0.1, -0.05) is 0 Å². The Balaban J connectivity index is 1.84. The van der Waals surface area contributed by atoms with Crippen LogP contribution in [0.15, 0.2) is 22.6 Å². The standard InChI is InChI=1S/C12H14N4O2/c13-7-3-4-10-9(6-7)16-12(18-10)15-8-2-1-5-14-11(8)17/h3-4,6,8H,1-2,5,13H2,(H,14,17)(H,15,16). The Kier molecular flexibility index (Phi) is 2.55. The van der Waals surface area contributed by atoms with E-state index in [0.717, 1.165) is 19.4 Å². The average Bonchev–Trinajstić information content (AvgIpc) is 2.73. The smallest absolute Gasteiger partial charge is 0.296 e. The van der Waals surface area contributed by atoms with Crippen molar-refractivity contribution in [3.8, 4) is 0 Å². The Labute approximate surface area is 104 Å². The summed E-state index contributed by atoms with van der Waals surface area (Å²) in [5, 5.41) is 5.81. The minimum absolute atomic E-state index is 0.0111. The van der Waals surface area contributed by atoms with Gasteiger partial charge in [-0.05, 0) is 31.0 Å². The van der Waals surface area contributed by atoms with Gasteiger partial charge in [0.1, 0.15) is 11.6 Å². The number of benzene rings is 1. The van der Waals surface area contributed by atoms with Crippen molar-refractivity contribution in [2.24, 2.45) is 0 Å². The molecule has 1 aromatic carbocycles. The summed E-state index contributed by atoms with van der Waals surface area (Å²) < 4.78 is 5.52. The van der Waals surface area contributed by atoms with Gasteiger partial charge in [-0.2, -0.15) is 4.98 Å². The normalized spacial score (nSPS) is 19.8. The number of carbonyl (C=O) groups is 1. The summed E-state index contributed by atoms with van der Waals surface area (Å²) in [4.78, 5) is 15.9. The molecular weight excluding hydrogens is 232 g/mol. The lowest BCUT2D eigenvalue weighted by atomic mass is 10.1. The molecule has 3 rings (SSSR count). The van der Waals surface area contributed by atoms with Crippen LogP contribution in [0, 0.1) is 0 Å². The Morgan fingerprint density at radius 2 is 2.39 bits per heavy atom. The third-order valence-corrected chi connectivity index (χ3v) is 2.99. The Morgan fingerprint density at radius 3 is 3.22 bits per heavy atom. The molecule has 6 nitrogen and oxygen atoms in total. The summed E-state index contributed by atoms with van der Waals surface area (Å²) in [5.41, 5.74) is 7.65. The number of nitrogen functional groups attached to an aromatic ring is 1. The number of hydrogen-bond donors (Lipinski definition) is 3. The van der Waals surface area contributed by atoms with E-state index in [4.69, 9.17) is 10.2 Å². The molecule has 2 heterocycles. The first-order valence-corrected chi connectivity index (χ1v) is 5.93. The molecule has 18 heavy (non-hydrogen) atoms. The topological polar surface area (TPSA) is 93.2 Å². The number of anilines is 2. The van der Waals surface area contributed by atoms with Crippen LogP contribution in [0.25, 0.3) is 11.1 Å². The Bertz CT molecular complexity index is 593. The number of hydrogen-bond acceptors (Lipinski definition) is 5. The van der Waals surface area contributed by atoms with Crippen LogP contribution in [0.4, 0.5) is 11.7 Å². The van der Waals surface area contributed by atoms with Gasteiger partial charge in [-0.3, -0.25) is 4.79 Å². The number of amides is 1. The highest BCUT2D eigenvalue weighted by atomic mass is 16.4. The monoisotopic (exact) mass is 246 g/mol. The van der Waals surface area contributed by atoms with E-state index in [1.165, 1.54) is 0 Å². The first-order valence-electron chi connectivity index (χ1n) is 5.93. The van der Waals surface area contributed by atoms with Gasteiger partial charge in [0, 0.05) is 12.2 Å². The average molecular weight is 246 g/mol. The van der Waals surface area contributed by atoms with E-state index in [2.05, 4.69) is 15.6 Å². The molecule has 1 unspecified atom stereocenters. The van der Waals surface area contributed by atoms with E-state index in [1.54, 1.807) is 18.2 Å². The fraction of sp³-hybridized carbons (Fsp3) is 0.333. The maximum Gasteiger partial charge on any atom is 0.296 e. The number of nitrogens with two attached hydrogens (primary N) is 1. The molecule has 1 saturated heterocycles. The van der Waals surface area contributed by atoms with Gasteiger partial charge in [0.25, 0.3) is 6.01 Å². The van der Waals surface area contributed by atoms with Gasteiger partial charge < -0.3 is 20.8 Å². The molecule has 2 aromatic rings. The fourth-order valence-corrected chi connectivity index (χ4v) is 2.07. The van der Waals surface area contributed by atoms with E-state index in [-0.39, 0.29) is 11.9 Å². The van der Waals surface area contributed by atoms with Gasteiger partial charge in [-0.25, -0.2) is 0 Å². The molecule has 94 valence electrons. The molecular formula is C12H14N4O2. The van der Waals surface area contributed by atoms with Crippen LogP contribution in [-0.2, 0) is 4.79 Å². The number of rotatable bonds is 2. The lowest BCUT2D eigenvalue weighted by Gasteiger charge is -2.21. The highest BCUT2D eigenvalue weighted by Crippen LogP contribution is 2.22. The van der Waals surface area contributed by atoms with E-state index < -0.39 is 0 Å². The highest BCUT2D eigenvalue weighted by molar-refractivity contribution is 5.85. The predicted molar refractivity (Wildman–Crippen MR) is 68.1 cm³/mol. The number of nitrogens with one attached hydrogen (secondary N) is 2. The van der Waals surface area contributed by atoms with E-state index >= 15 is 0 Å². The molecule has 0 spiro atoms. The minimum Gasteiger partial charge on any atom is -0.424 e. The van der Waals surface area contributed by atoms with Crippen LogP contribution in [0.1, 0.15) is 12.8 Å². The molecule has 1 aliphatic rings. The molecule has 1 aromatic heterocycles. The molecule has 0 aliphatic carbocycles. The number of fused-ring (bicyclic) bond motifs is 1. The van der Waals surface area contributed by atoms with Gasteiger partial charge in [-0.15, -0.1) is 0 Å². The zero-order chi connectivity index (χ0) is 12.5. The minimum atomic E-state index is -0.274. The molecule has 0 saturated carbocycles. The lowest BCUT2D eigenvalue weighted by Crippen LogP contribution is -2.44. The zero-order valence-corrected chi connectivity index (χ0v) is 9.77. The van der Waals surface area contributed by atoms with E-state index in [0.29, 0.717) is 22.8 Å². The summed E-state index contributed by atoms with van der Waals surface area (Å²) in [7, 11) is 0. The van der Waals surface area contributed by atoms with Crippen molar-refractivity contribution < 1.29 is 9.21 Å². The van der Waals surface area contributed by atoms with E-state index in [1.807, 2.05) is 0 Å². The number of carbonyl (C=O) groups excluding carboxylic acids is 1. The second kappa shape index (κ2) is 4.21. The van der Waals surface area contributed by atoms with Crippen molar-refractivity contribution in [2.75, 3.05) is 17.6 Å². The Morgan fingerprint density at radius 1 is 1.50 bits per heavy atom. The summed E-state index contributed by atoms with van der Waals surface area (Å²) in [6.07, 6.45) is 1.74. The third-order valence-electron chi connectivity index (χ3n) is 2.99. The second-order valence-electron chi connectivity index (χ2n) is 4.38. The van der Waals surface area contributed by atoms with Crippen LogP contribution in [0.5, 0.6) is 0 Å². The number of nitrogens with zero attached hydrogens (tertiary/aromatic N) is 1. The molecule has 0 radical (unpaired) electrons. The molecule has 0 bridgehead atoms. The maximum absolute atomic E-state index is 11.6. The second-order valence-corrected chi connectivity index (χ2v) is 4.38. The molecule has 4 N–H and O–H groups in total. The van der Waals surface area contributed by atoms with Crippen LogP contribution in [-0.4, -0.2) is 23.5 Å². The van der Waals surface area contributed by atoms with Crippen molar-refractivity contribution in [3.63, 3.8) is 0 Å². The summed E-state index contributed by atoms with van der Waals surface area (Å²) in [6.45, 7) is 0.737. The number of oxazole rings is 1. The van der Waals surface area contributed by atoms with Gasteiger partial charge in [0.15, 0.2) is 5.58 Å². The lowest BCUT2D eigenvalue weighted by molar-refractivity contribution is -0.123. The zero-order valence-electron chi connectivity index (χ0n) is 9.77. The first-order chi connectivity index (χ1) is 8.72. The maximum atomic E-state index is 11.6. The van der Waals surface area contributed by atoms with Crippen molar-refractivity contribution in [2.45, 2.75) is 18.9 Å². The van der Waals surface area contributed by atoms with Crippen LogP contribution < -0.4 is 16.4 Å². The quantitative estimate of drug-likeness (QED) is 0.690. The predicted octanol–water partition coefficient (Wildman–Crippen LogP) is 1.10. The highest BCUT2D eigenvalue weighted by Gasteiger charge is 2.23. The summed E-state index contributed by atoms with van der Waals surface area (Å²) in [6, 6.07) is 5.35. The SMILES string of the molecule is Nc1ccc2oc(NC3CCCNC3=O)nc2c1. The van der Waals surface area contributed by atoms with Gasteiger partial charge in [0.2, 0.25) is 5.91 Å². The number of aromatic nitrogens is 1. The van der Waals surface area contributed by atoms with Gasteiger partial charge in [0.05, 0.1) is 0 Å². The molecule has 1 atom stereocenters. The third kappa shape index (κ3) is 1.97. The fourth-order valence-electron chi connectivity index (χ4n) is 2.07. The molecule has 6 heteroatoms. The summed E-state index contributed by atoms with van der Waals surface area (Å²) >= 11 is 0. The van der Waals surface area contributed by atoms with E-state index in [9.17, 15) is 4.79 Å².